The maximum atomic E-state index is 14.0. The smallest absolute Gasteiger partial charge is 0.341 e. The first kappa shape index (κ1) is 22.5. The first-order valence-electron chi connectivity index (χ1n) is 11.3. The molecule has 172 valence electrons. The summed E-state index contributed by atoms with van der Waals surface area (Å²) in [5, 5.41) is 7.81. The van der Waals surface area contributed by atoms with E-state index in [2.05, 4.69) is 5.32 Å². The summed E-state index contributed by atoms with van der Waals surface area (Å²) < 4.78 is 26.7. The number of aryl methyl sites for hydroxylation is 3. The molecule has 0 atom stereocenters. The molecule has 0 bridgehead atoms. The maximum Gasteiger partial charge on any atom is 0.341 e. The van der Waals surface area contributed by atoms with Gasteiger partial charge in [0.25, 0.3) is 5.91 Å². The zero-order valence-electron chi connectivity index (χ0n) is 18.7. The Morgan fingerprint density at radius 3 is 2.84 bits per heavy atom. The molecule has 1 amide bonds. The lowest BCUT2D eigenvalue weighted by Gasteiger charge is -2.36. The molecule has 3 heterocycles. The summed E-state index contributed by atoms with van der Waals surface area (Å²) >= 11 is 0. The van der Waals surface area contributed by atoms with Crippen LogP contribution in [0.5, 0.6) is 0 Å². The minimum atomic E-state index is -0.670. The Bertz CT molecular complexity index is 1010. The highest BCUT2D eigenvalue weighted by Gasteiger charge is 2.39. The van der Waals surface area contributed by atoms with Crippen LogP contribution in [0.15, 0.2) is 18.2 Å². The van der Waals surface area contributed by atoms with Crippen LogP contribution < -0.4 is 5.32 Å². The number of rotatable bonds is 6. The normalized spacial score (nSPS) is 17.5. The van der Waals surface area contributed by atoms with E-state index in [1.54, 1.807) is 13.0 Å². The van der Waals surface area contributed by atoms with E-state index in [-0.39, 0.29) is 23.5 Å². The van der Waals surface area contributed by atoms with Crippen molar-refractivity contribution in [2.24, 2.45) is 5.41 Å². The third kappa shape index (κ3) is 4.55. The monoisotopic (exact) mass is 443 g/mol. The van der Waals surface area contributed by atoms with E-state index in [0.717, 1.165) is 36.2 Å². The number of esters is 1. The number of carbonyl (C=O) groups is 2. The average Bonchev–Trinajstić information content (AvgIpc) is 3.05. The highest BCUT2D eigenvalue weighted by Crippen LogP contribution is 2.37. The lowest BCUT2D eigenvalue weighted by Crippen LogP contribution is -2.40. The maximum absolute atomic E-state index is 14.0. The first-order chi connectivity index (χ1) is 15.4. The van der Waals surface area contributed by atoms with Gasteiger partial charge in [-0.2, -0.15) is 5.10 Å². The largest absolute Gasteiger partial charge is 0.462 e. The molecule has 8 heteroatoms. The Balaban J connectivity index is 1.45. The molecule has 1 saturated heterocycles. The van der Waals surface area contributed by atoms with Gasteiger partial charge in [0, 0.05) is 32.7 Å². The van der Waals surface area contributed by atoms with Crippen LogP contribution in [0.2, 0.25) is 0 Å². The summed E-state index contributed by atoms with van der Waals surface area (Å²) in [5.41, 5.74) is 3.10. The van der Waals surface area contributed by atoms with Crippen molar-refractivity contribution in [3.05, 3.63) is 52.1 Å². The minimum absolute atomic E-state index is 0.0165. The van der Waals surface area contributed by atoms with Gasteiger partial charge in [-0.05, 0) is 55.7 Å². The van der Waals surface area contributed by atoms with Gasteiger partial charge in [-0.15, -0.1) is 0 Å². The van der Waals surface area contributed by atoms with Gasteiger partial charge in [0.2, 0.25) is 0 Å². The number of nitrogens with one attached hydrogen (secondary N) is 1. The lowest BCUT2D eigenvalue weighted by atomic mass is 9.76. The second-order valence-corrected chi connectivity index (χ2v) is 8.79. The van der Waals surface area contributed by atoms with Crippen molar-refractivity contribution in [2.75, 3.05) is 26.4 Å². The fourth-order valence-corrected chi connectivity index (χ4v) is 4.60. The van der Waals surface area contributed by atoms with Crippen LogP contribution in [0.3, 0.4) is 0 Å². The van der Waals surface area contributed by atoms with Crippen molar-refractivity contribution < 1.29 is 23.5 Å². The van der Waals surface area contributed by atoms with E-state index in [1.165, 1.54) is 12.1 Å². The SMILES string of the molecule is CCc1nn(CCCOC(=O)c2ccc(C)cc2F)c2c1C(=O)NCC1(CCOCC1)C2. The topological polar surface area (TPSA) is 82.5 Å². The number of benzene rings is 1. The molecule has 1 aromatic heterocycles. The van der Waals surface area contributed by atoms with Gasteiger partial charge in [-0.25, -0.2) is 9.18 Å². The minimum Gasteiger partial charge on any atom is -0.462 e. The Labute approximate surface area is 187 Å². The molecule has 4 rings (SSSR count). The zero-order valence-corrected chi connectivity index (χ0v) is 18.7. The number of halogens is 1. The van der Waals surface area contributed by atoms with Gasteiger partial charge in [0.1, 0.15) is 5.82 Å². The highest BCUT2D eigenvalue weighted by atomic mass is 19.1. The molecule has 0 saturated carbocycles. The van der Waals surface area contributed by atoms with Crippen LogP contribution >= 0.6 is 0 Å². The highest BCUT2D eigenvalue weighted by molar-refractivity contribution is 5.97. The number of hydrogen-bond donors (Lipinski definition) is 1. The molecular weight excluding hydrogens is 413 g/mol. The summed E-state index contributed by atoms with van der Waals surface area (Å²) in [6, 6.07) is 4.45. The summed E-state index contributed by atoms with van der Waals surface area (Å²) in [6.45, 7) is 6.47. The van der Waals surface area contributed by atoms with E-state index < -0.39 is 11.8 Å². The van der Waals surface area contributed by atoms with E-state index in [0.29, 0.717) is 44.7 Å². The van der Waals surface area contributed by atoms with Gasteiger partial charge in [0.15, 0.2) is 0 Å². The second-order valence-electron chi connectivity index (χ2n) is 8.79. The quantitative estimate of drug-likeness (QED) is 0.548. The number of hydrogen-bond acceptors (Lipinski definition) is 5. The Kier molecular flexibility index (Phi) is 6.60. The molecule has 0 unspecified atom stereocenters. The van der Waals surface area contributed by atoms with Crippen molar-refractivity contribution in [3.8, 4) is 0 Å². The predicted molar refractivity (Wildman–Crippen MR) is 116 cm³/mol. The number of nitrogens with zero attached hydrogens (tertiary/aromatic N) is 2. The molecule has 2 aliphatic heterocycles. The average molecular weight is 444 g/mol. The number of aromatic nitrogens is 2. The van der Waals surface area contributed by atoms with Crippen LogP contribution in [0.25, 0.3) is 0 Å². The van der Waals surface area contributed by atoms with Crippen LogP contribution in [-0.4, -0.2) is 48.0 Å². The molecule has 2 aromatic rings. The molecule has 0 radical (unpaired) electrons. The van der Waals surface area contributed by atoms with Crippen molar-refractivity contribution in [2.45, 2.75) is 52.5 Å². The van der Waals surface area contributed by atoms with Crippen LogP contribution in [0, 0.1) is 18.2 Å². The molecule has 1 N–H and O–H groups in total. The van der Waals surface area contributed by atoms with E-state index in [1.807, 2.05) is 11.6 Å². The molecule has 1 fully saturated rings. The molecule has 1 spiro atoms. The number of ether oxygens (including phenoxy) is 2. The van der Waals surface area contributed by atoms with Gasteiger partial charge in [-0.1, -0.05) is 13.0 Å². The summed E-state index contributed by atoms with van der Waals surface area (Å²) in [7, 11) is 0. The lowest BCUT2D eigenvalue weighted by molar-refractivity contribution is 0.0152. The zero-order chi connectivity index (χ0) is 22.7. The molecule has 7 nitrogen and oxygen atoms in total. The van der Waals surface area contributed by atoms with Gasteiger partial charge < -0.3 is 14.8 Å². The summed E-state index contributed by atoms with van der Waals surface area (Å²) in [4.78, 5) is 25.1. The third-order valence-electron chi connectivity index (χ3n) is 6.50. The molecule has 1 aromatic carbocycles. The predicted octanol–water partition coefficient (Wildman–Crippen LogP) is 3.22. The molecule has 0 aliphatic carbocycles. The Morgan fingerprint density at radius 1 is 1.34 bits per heavy atom. The van der Waals surface area contributed by atoms with Gasteiger partial charge >= 0.3 is 5.97 Å². The van der Waals surface area contributed by atoms with Crippen molar-refractivity contribution in [3.63, 3.8) is 0 Å². The molecule has 32 heavy (non-hydrogen) atoms. The fourth-order valence-electron chi connectivity index (χ4n) is 4.60. The summed E-state index contributed by atoms with van der Waals surface area (Å²) in [5.74, 6) is -1.31. The first-order valence-corrected chi connectivity index (χ1v) is 11.3. The second kappa shape index (κ2) is 9.40. The van der Waals surface area contributed by atoms with Gasteiger partial charge in [0.05, 0.1) is 29.1 Å². The fraction of sp³-hybridized carbons (Fsp3) is 0.542. The molecule has 2 aliphatic rings. The van der Waals surface area contributed by atoms with E-state index in [4.69, 9.17) is 14.6 Å². The van der Waals surface area contributed by atoms with Crippen LogP contribution in [0.1, 0.15) is 63.9 Å². The van der Waals surface area contributed by atoms with Gasteiger partial charge in [-0.3, -0.25) is 9.48 Å². The van der Waals surface area contributed by atoms with Crippen LogP contribution in [0.4, 0.5) is 4.39 Å². The van der Waals surface area contributed by atoms with E-state index in [9.17, 15) is 14.0 Å². The van der Waals surface area contributed by atoms with Crippen molar-refractivity contribution >= 4 is 11.9 Å². The Hall–Kier alpha value is -2.74. The number of fused-ring (bicyclic) bond motifs is 1. The number of carbonyl (C=O) groups excluding carboxylic acids is 2. The third-order valence-corrected chi connectivity index (χ3v) is 6.50. The standard InChI is InChI=1S/C24H30FN3O4/c1-3-19-21-20(14-24(15-26-22(21)29)7-11-31-12-8-24)28(27-19)9-4-10-32-23(30)17-6-5-16(2)13-18(17)25/h5-6,13H,3-4,7-12,14-15H2,1-2H3,(H,26,29). The van der Waals surface area contributed by atoms with Crippen molar-refractivity contribution in [1.29, 1.82) is 0 Å². The van der Waals surface area contributed by atoms with Crippen molar-refractivity contribution in [1.82, 2.24) is 15.1 Å². The van der Waals surface area contributed by atoms with E-state index >= 15 is 0 Å². The molecular formula is C24H30FN3O4. The summed E-state index contributed by atoms with van der Waals surface area (Å²) in [6.07, 6.45) is 3.76. The Morgan fingerprint density at radius 2 is 2.12 bits per heavy atom. The number of amides is 1. The van der Waals surface area contributed by atoms with Crippen LogP contribution in [-0.2, 0) is 28.9 Å².